The number of amides is 3. The van der Waals surface area contributed by atoms with Crippen molar-refractivity contribution in [1.29, 1.82) is 0 Å². The first-order valence-electron chi connectivity index (χ1n) is 16.9. The van der Waals surface area contributed by atoms with Crippen molar-refractivity contribution >= 4 is 23.6 Å². The third kappa shape index (κ3) is 9.07. The SMILES string of the molecule is CCOc1cc(CN2CCC3(CC2)CN(c2ccc(C(=O)NCCCC(=O)NCCO)cc2)C(=O)O3)cc(OCC)c1-c1ccc(F)cc1. The molecule has 2 fully saturated rings. The van der Waals surface area contributed by atoms with E-state index >= 15 is 0 Å². The second-order valence-corrected chi connectivity index (χ2v) is 12.2. The van der Waals surface area contributed by atoms with E-state index in [-0.39, 0.29) is 37.2 Å². The van der Waals surface area contributed by atoms with E-state index < -0.39 is 11.7 Å². The normalized spacial score (nSPS) is 15.6. The van der Waals surface area contributed by atoms with Crippen molar-refractivity contribution in [3.63, 3.8) is 0 Å². The van der Waals surface area contributed by atoms with E-state index in [9.17, 15) is 18.8 Å². The highest BCUT2D eigenvalue weighted by Gasteiger charge is 2.47. The van der Waals surface area contributed by atoms with E-state index in [1.807, 2.05) is 26.0 Å². The Bertz CT molecular complexity index is 1560. The Balaban J connectivity index is 1.17. The predicted molar refractivity (Wildman–Crippen MR) is 183 cm³/mol. The molecule has 2 aliphatic rings. The summed E-state index contributed by atoms with van der Waals surface area (Å²) in [6, 6.07) is 17.2. The molecule has 0 atom stereocenters. The second-order valence-electron chi connectivity index (χ2n) is 12.2. The summed E-state index contributed by atoms with van der Waals surface area (Å²) in [5, 5.41) is 14.2. The van der Waals surface area contributed by atoms with Gasteiger partial charge in [0.05, 0.1) is 31.9 Å². The van der Waals surface area contributed by atoms with Gasteiger partial charge in [-0.3, -0.25) is 19.4 Å². The Morgan fingerprint density at radius 1 is 0.939 bits per heavy atom. The van der Waals surface area contributed by atoms with Crippen molar-refractivity contribution in [2.24, 2.45) is 0 Å². The van der Waals surface area contributed by atoms with Crippen molar-refractivity contribution in [3.8, 4) is 22.6 Å². The van der Waals surface area contributed by atoms with Crippen molar-refractivity contribution in [2.45, 2.75) is 51.7 Å². The van der Waals surface area contributed by atoms with Gasteiger partial charge in [-0.25, -0.2) is 9.18 Å². The molecule has 49 heavy (non-hydrogen) atoms. The molecule has 0 unspecified atom stereocenters. The van der Waals surface area contributed by atoms with Crippen molar-refractivity contribution in [3.05, 3.63) is 77.6 Å². The molecular weight excluding hydrogens is 631 g/mol. The summed E-state index contributed by atoms with van der Waals surface area (Å²) in [5.74, 6) is 0.636. The first-order valence-corrected chi connectivity index (χ1v) is 16.9. The highest BCUT2D eigenvalue weighted by atomic mass is 19.1. The first kappa shape index (κ1) is 35.6. The summed E-state index contributed by atoms with van der Waals surface area (Å²) in [6.45, 7) is 7.81. The maximum Gasteiger partial charge on any atom is 0.415 e. The van der Waals surface area contributed by atoms with Gasteiger partial charge in [0.1, 0.15) is 22.9 Å². The number of carbonyl (C=O) groups is 3. The van der Waals surface area contributed by atoms with Crippen molar-refractivity contribution in [2.75, 3.05) is 57.4 Å². The van der Waals surface area contributed by atoms with Gasteiger partial charge in [0, 0.05) is 63.2 Å². The Morgan fingerprint density at radius 2 is 1.59 bits per heavy atom. The van der Waals surface area contributed by atoms with Crippen LogP contribution in [0.25, 0.3) is 11.1 Å². The third-order valence-electron chi connectivity index (χ3n) is 8.74. The number of aliphatic hydroxyl groups excluding tert-OH is 1. The number of halogens is 1. The molecular formula is C37H45FN4O7. The molecule has 12 heteroatoms. The van der Waals surface area contributed by atoms with Crippen LogP contribution in [0.1, 0.15) is 55.5 Å². The third-order valence-corrected chi connectivity index (χ3v) is 8.74. The molecule has 3 amide bonds. The highest BCUT2D eigenvalue weighted by Crippen LogP contribution is 2.41. The van der Waals surface area contributed by atoms with Gasteiger partial charge < -0.3 is 30.0 Å². The molecule has 0 aliphatic carbocycles. The van der Waals surface area contributed by atoms with E-state index in [0.717, 1.165) is 29.8 Å². The Kier molecular flexibility index (Phi) is 12.1. The van der Waals surface area contributed by atoms with Crippen molar-refractivity contribution in [1.82, 2.24) is 15.5 Å². The number of nitrogens with zero attached hydrogens (tertiary/aromatic N) is 2. The topological polar surface area (TPSA) is 130 Å². The van der Waals surface area contributed by atoms with Gasteiger partial charge in [-0.1, -0.05) is 12.1 Å². The molecule has 0 saturated carbocycles. The smallest absolute Gasteiger partial charge is 0.415 e. The van der Waals surface area contributed by atoms with Crippen LogP contribution in [-0.4, -0.2) is 86.1 Å². The number of anilines is 1. The minimum Gasteiger partial charge on any atom is -0.493 e. The van der Waals surface area contributed by atoms with E-state index in [2.05, 4.69) is 15.5 Å². The lowest BCUT2D eigenvalue weighted by Crippen LogP contribution is -2.46. The molecule has 1 spiro atoms. The fourth-order valence-electron chi connectivity index (χ4n) is 6.26. The van der Waals surface area contributed by atoms with Crippen LogP contribution >= 0.6 is 0 Å². The molecule has 262 valence electrons. The lowest BCUT2D eigenvalue weighted by Gasteiger charge is -2.37. The highest BCUT2D eigenvalue weighted by molar-refractivity contribution is 5.96. The lowest BCUT2D eigenvalue weighted by atomic mass is 9.91. The van der Waals surface area contributed by atoms with E-state index in [4.69, 9.17) is 19.3 Å². The largest absolute Gasteiger partial charge is 0.493 e. The van der Waals surface area contributed by atoms with Crippen LogP contribution < -0.4 is 25.0 Å². The Labute approximate surface area is 286 Å². The van der Waals surface area contributed by atoms with Crippen LogP contribution in [0.2, 0.25) is 0 Å². The number of rotatable bonds is 15. The second kappa shape index (κ2) is 16.6. The number of benzene rings is 3. The minimum atomic E-state index is -0.591. The summed E-state index contributed by atoms with van der Waals surface area (Å²) in [6.07, 6.45) is 1.69. The van der Waals surface area contributed by atoms with Crippen LogP contribution in [0.3, 0.4) is 0 Å². The molecule has 0 aromatic heterocycles. The van der Waals surface area contributed by atoms with Crippen LogP contribution in [0.15, 0.2) is 60.7 Å². The zero-order valence-electron chi connectivity index (χ0n) is 28.1. The zero-order chi connectivity index (χ0) is 34.8. The van der Waals surface area contributed by atoms with E-state index in [1.165, 1.54) is 12.1 Å². The predicted octanol–water partition coefficient (Wildman–Crippen LogP) is 4.90. The fourth-order valence-corrected chi connectivity index (χ4v) is 6.26. The standard InChI is InChI=1S/C37H45FN4O7/c1-3-47-31-22-26(23-32(48-4-2)34(31)27-7-11-29(38)12-8-27)24-41-19-15-37(16-20-41)25-42(36(46)49-37)30-13-9-28(10-14-30)35(45)40-17-5-6-33(44)39-18-21-43/h7-14,22-23,43H,3-6,15-21,24-25H2,1-2H3,(H,39,44)(H,40,45). The van der Waals surface area contributed by atoms with Gasteiger partial charge in [0.25, 0.3) is 5.91 Å². The lowest BCUT2D eigenvalue weighted by molar-refractivity contribution is -0.121. The average molecular weight is 677 g/mol. The van der Waals surface area contributed by atoms with Crippen LogP contribution in [0.4, 0.5) is 14.9 Å². The molecule has 5 rings (SSSR count). The van der Waals surface area contributed by atoms with Gasteiger partial charge in [0.2, 0.25) is 5.91 Å². The summed E-state index contributed by atoms with van der Waals surface area (Å²) >= 11 is 0. The summed E-state index contributed by atoms with van der Waals surface area (Å²) < 4.78 is 31.7. The molecule has 11 nitrogen and oxygen atoms in total. The van der Waals surface area contributed by atoms with Crippen LogP contribution in [0, 0.1) is 5.82 Å². The van der Waals surface area contributed by atoms with Crippen LogP contribution in [-0.2, 0) is 16.1 Å². The maximum atomic E-state index is 13.7. The zero-order valence-corrected chi connectivity index (χ0v) is 28.1. The van der Waals surface area contributed by atoms with Gasteiger partial charge in [0.15, 0.2) is 0 Å². The number of carbonyl (C=O) groups excluding carboxylic acids is 3. The summed E-state index contributed by atoms with van der Waals surface area (Å²) in [7, 11) is 0. The number of piperidine rings is 1. The number of aliphatic hydroxyl groups is 1. The molecule has 3 aromatic rings. The first-order chi connectivity index (χ1) is 23.7. The summed E-state index contributed by atoms with van der Waals surface area (Å²) in [5.41, 5.74) is 3.18. The van der Waals surface area contributed by atoms with Crippen LogP contribution in [0.5, 0.6) is 11.5 Å². The Morgan fingerprint density at radius 3 is 2.20 bits per heavy atom. The number of nitrogens with one attached hydrogen (secondary N) is 2. The molecule has 3 aromatic carbocycles. The molecule has 2 saturated heterocycles. The van der Waals surface area contributed by atoms with Gasteiger partial charge in [-0.05, 0) is 79.9 Å². The van der Waals surface area contributed by atoms with Gasteiger partial charge in [-0.2, -0.15) is 0 Å². The minimum absolute atomic E-state index is 0.113. The fraction of sp³-hybridized carbons (Fsp3) is 0.432. The quantitative estimate of drug-likeness (QED) is 0.194. The molecule has 2 heterocycles. The molecule has 0 radical (unpaired) electrons. The molecule has 3 N–H and O–H groups in total. The Hall–Kier alpha value is -4.68. The maximum absolute atomic E-state index is 13.7. The number of likely N-dealkylation sites (tertiary alicyclic amines) is 1. The monoisotopic (exact) mass is 676 g/mol. The molecule has 0 bridgehead atoms. The van der Waals surface area contributed by atoms with Gasteiger partial charge in [-0.15, -0.1) is 0 Å². The van der Waals surface area contributed by atoms with E-state index in [1.54, 1.807) is 41.3 Å². The number of ether oxygens (including phenoxy) is 3. The van der Waals surface area contributed by atoms with Gasteiger partial charge >= 0.3 is 6.09 Å². The molecule has 2 aliphatic heterocycles. The van der Waals surface area contributed by atoms with Crippen molar-refractivity contribution < 1.29 is 38.1 Å². The summed E-state index contributed by atoms with van der Waals surface area (Å²) in [4.78, 5) is 41.2. The average Bonchev–Trinajstić information content (AvgIpc) is 3.42. The number of hydrogen-bond donors (Lipinski definition) is 3. The van der Waals surface area contributed by atoms with E-state index in [0.29, 0.717) is 74.9 Å². The number of hydrogen-bond acceptors (Lipinski definition) is 8.